The van der Waals surface area contributed by atoms with E-state index in [9.17, 15) is 4.79 Å². The van der Waals surface area contributed by atoms with Gasteiger partial charge in [0.15, 0.2) is 5.78 Å². The van der Waals surface area contributed by atoms with Gasteiger partial charge >= 0.3 is 0 Å². The van der Waals surface area contributed by atoms with Crippen LogP contribution >= 0.6 is 11.6 Å². The van der Waals surface area contributed by atoms with Crippen LogP contribution in [0.1, 0.15) is 43.4 Å². The molecule has 3 aromatic rings. The fourth-order valence-electron chi connectivity index (χ4n) is 4.67. The number of rotatable bonds is 3. The highest BCUT2D eigenvalue weighted by Gasteiger charge is 2.36. The topological polar surface area (TPSA) is 38.3 Å². The third kappa shape index (κ3) is 3.01. The highest BCUT2D eigenvalue weighted by molar-refractivity contribution is 6.30. The first kappa shape index (κ1) is 18.3. The van der Waals surface area contributed by atoms with Crippen LogP contribution in [0.3, 0.4) is 0 Å². The molecule has 0 saturated heterocycles. The number of nitrogens with one attached hydrogen (secondary N) is 1. The Kier molecular flexibility index (Phi) is 4.56. The fraction of sp³-hybridized carbons (Fsp3) is 0.240. The van der Waals surface area contributed by atoms with Crippen molar-refractivity contribution in [3.8, 4) is 5.75 Å². The number of anilines is 1. The van der Waals surface area contributed by atoms with E-state index in [0.29, 0.717) is 18.1 Å². The summed E-state index contributed by atoms with van der Waals surface area (Å²) in [6.07, 6.45) is 2.38. The van der Waals surface area contributed by atoms with E-state index in [-0.39, 0.29) is 11.8 Å². The number of allylic oxidation sites excluding steroid dienone is 1. The molecule has 0 spiro atoms. The van der Waals surface area contributed by atoms with E-state index >= 15 is 0 Å². The number of benzene rings is 3. The summed E-state index contributed by atoms with van der Waals surface area (Å²) < 4.78 is 5.89. The summed E-state index contributed by atoms with van der Waals surface area (Å²) in [5.74, 6) is 0.980. The number of carbonyl (C=O) groups is 1. The van der Waals surface area contributed by atoms with E-state index in [2.05, 4.69) is 41.7 Å². The zero-order chi connectivity index (χ0) is 20.0. The van der Waals surface area contributed by atoms with Gasteiger partial charge in [0, 0.05) is 33.8 Å². The standard InChI is InChI=1S/C25H22ClNO2/c1-2-29-22-13-11-16(26)14-19(22)25-24-18(8-5-9-21(24)28)23-17-7-4-3-6-15(17)10-12-20(23)27-25/h3-4,6-7,10-14,25,27H,2,5,8-9H2,1H3/t25-/m0/s1. The van der Waals surface area contributed by atoms with Crippen LogP contribution < -0.4 is 10.1 Å². The van der Waals surface area contributed by atoms with Crippen molar-refractivity contribution in [2.45, 2.75) is 32.2 Å². The molecule has 0 fully saturated rings. The highest BCUT2D eigenvalue weighted by Crippen LogP contribution is 2.49. The van der Waals surface area contributed by atoms with Gasteiger partial charge in [-0.15, -0.1) is 0 Å². The summed E-state index contributed by atoms with van der Waals surface area (Å²) >= 11 is 6.34. The van der Waals surface area contributed by atoms with Crippen LogP contribution in [0.15, 0.2) is 60.2 Å². The Morgan fingerprint density at radius 3 is 2.83 bits per heavy atom. The minimum Gasteiger partial charge on any atom is -0.494 e. The van der Waals surface area contributed by atoms with Gasteiger partial charge in [-0.05, 0) is 60.4 Å². The summed E-state index contributed by atoms with van der Waals surface area (Å²) in [5.41, 5.74) is 5.18. The normalized spacial score (nSPS) is 18.3. The number of Topliss-reactive ketones (excluding diaryl/α,β-unsaturated/α-hetero) is 1. The summed E-state index contributed by atoms with van der Waals surface area (Å²) in [6, 6.07) is 18.0. The molecule has 1 aliphatic carbocycles. The molecule has 3 aromatic carbocycles. The van der Waals surface area contributed by atoms with Gasteiger partial charge in [0.25, 0.3) is 0 Å². The van der Waals surface area contributed by atoms with Crippen LogP contribution in [0.4, 0.5) is 5.69 Å². The van der Waals surface area contributed by atoms with E-state index in [4.69, 9.17) is 16.3 Å². The molecule has 1 atom stereocenters. The molecule has 0 unspecified atom stereocenters. The number of ketones is 1. The van der Waals surface area contributed by atoms with Crippen molar-refractivity contribution in [3.05, 3.63) is 76.3 Å². The SMILES string of the molecule is CCOc1ccc(Cl)cc1[C@@H]1Nc2ccc3ccccc3c2C2=C1C(=O)CCC2. The van der Waals surface area contributed by atoms with E-state index in [1.807, 2.05) is 25.1 Å². The molecule has 146 valence electrons. The van der Waals surface area contributed by atoms with Gasteiger partial charge in [-0.3, -0.25) is 4.79 Å². The van der Waals surface area contributed by atoms with Crippen LogP contribution in [0.2, 0.25) is 5.02 Å². The molecule has 3 nitrogen and oxygen atoms in total. The Hall–Kier alpha value is -2.78. The molecular weight excluding hydrogens is 382 g/mol. The number of hydrogen-bond donors (Lipinski definition) is 1. The van der Waals surface area contributed by atoms with Crippen molar-refractivity contribution < 1.29 is 9.53 Å². The minimum absolute atomic E-state index is 0.213. The van der Waals surface area contributed by atoms with Crippen molar-refractivity contribution in [1.82, 2.24) is 0 Å². The second-order valence-electron chi connectivity index (χ2n) is 7.57. The third-order valence-corrected chi connectivity index (χ3v) is 6.09. The van der Waals surface area contributed by atoms with Crippen LogP contribution in [0.5, 0.6) is 5.75 Å². The van der Waals surface area contributed by atoms with Gasteiger partial charge in [0.05, 0.1) is 12.6 Å². The van der Waals surface area contributed by atoms with Gasteiger partial charge in [-0.1, -0.05) is 41.9 Å². The van der Waals surface area contributed by atoms with Crippen molar-refractivity contribution in [2.24, 2.45) is 0 Å². The first-order valence-electron chi connectivity index (χ1n) is 10.1. The smallest absolute Gasteiger partial charge is 0.161 e. The van der Waals surface area contributed by atoms with Crippen LogP contribution in [-0.2, 0) is 4.79 Å². The van der Waals surface area contributed by atoms with Crippen molar-refractivity contribution in [2.75, 3.05) is 11.9 Å². The largest absolute Gasteiger partial charge is 0.494 e. The number of fused-ring (bicyclic) bond motifs is 4. The molecule has 1 N–H and O–H groups in total. The van der Waals surface area contributed by atoms with Gasteiger partial charge in [-0.25, -0.2) is 0 Å². The number of carbonyl (C=O) groups excluding carboxylic acids is 1. The number of ether oxygens (including phenoxy) is 1. The second-order valence-corrected chi connectivity index (χ2v) is 8.01. The molecule has 5 rings (SSSR count). The Morgan fingerprint density at radius 2 is 1.97 bits per heavy atom. The molecule has 0 bridgehead atoms. The quantitative estimate of drug-likeness (QED) is 0.537. The van der Waals surface area contributed by atoms with Crippen molar-refractivity contribution in [3.63, 3.8) is 0 Å². The molecule has 1 aliphatic heterocycles. The van der Waals surface area contributed by atoms with E-state index in [1.54, 1.807) is 0 Å². The van der Waals surface area contributed by atoms with Crippen molar-refractivity contribution in [1.29, 1.82) is 0 Å². The molecule has 29 heavy (non-hydrogen) atoms. The maximum atomic E-state index is 13.1. The van der Waals surface area contributed by atoms with Gasteiger partial charge < -0.3 is 10.1 Å². The average Bonchev–Trinajstić information content (AvgIpc) is 2.74. The Balaban J connectivity index is 1.77. The molecule has 0 aromatic heterocycles. The average molecular weight is 404 g/mol. The van der Waals surface area contributed by atoms with E-state index < -0.39 is 0 Å². The summed E-state index contributed by atoms with van der Waals surface area (Å²) in [5, 5.41) is 6.66. The van der Waals surface area contributed by atoms with E-state index in [1.165, 1.54) is 21.9 Å². The monoisotopic (exact) mass is 403 g/mol. The summed E-state index contributed by atoms with van der Waals surface area (Å²) in [4.78, 5) is 13.1. The zero-order valence-corrected chi connectivity index (χ0v) is 17.1. The van der Waals surface area contributed by atoms with Crippen LogP contribution in [-0.4, -0.2) is 12.4 Å². The molecule has 1 heterocycles. The number of halogens is 1. The second kappa shape index (κ2) is 7.23. The summed E-state index contributed by atoms with van der Waals surface area (Å²) in [7, 11) is 0. The predicted octanol–water partition coefficient (Wildman–Crippen LogP) is 6.57. The highest BCUT2D eigenvalue weighted by atomic mass is 35.5. The lowest BCUT2D eigenvalue weighted by molar-refractivity contribution is -0.116. The lowest BCUT2D eigenvalue weighted by Crippen LogP contribution is -2.27. The first-order chi connectivity index (χ1) is 14.2. The Labute approximate surface area is 175 Å². The Morgan fingerprint density at radius 1 is 1.10 bits per heavy atom. The molecule has 0 amide bonds. The van der Waals surface area contributed by atoms with Crippen LogP contribution in [0.25, 0.3) is 16.3 Å². The third-order valence-electron chi connectivity index (χ3n) is 5.86. The van der Waals surface area contributed by atoms with Gasteiger partial charge in [0.2, 0.25) is 0 Å². The molecular formula is C25H22ClNO2. The Bertz CT molecular complexity index is 1160. The lowest BCUT2D eigenvalue weighted by atomic mass is 9.76. The zero-order valence-electron chi connectivity index (χ0n) is 16.3. The molecule has 0 saturated carbocycles. The lowest BCUT2D eigenvalue weighted by Gasteiger charge is -2.35. The van der Waals surface area contributed by atoms with Crippen LogP contribution in [0, 0.1) is 0 Å². The molecule has 4 heteroatoms. The minimum atomic E-state index is -0.258. The van der Waals surface area contributed by atoms with Gasteiger partial charge in [0.1, 0.15) is 5.75 Å². The van der Waals surface area contributed by atoms with Gasteiger partial charge in [-0.2, -0.15) is 0 Å². The first-order valence-corrected chi connectivity index (χ1v) is 10.5. The summed E-state index contributed by atoms with van der Waals surface area (Å²) in [6.45, 7) is 2.52. The van der Waals surface area contributed by atoms with Crippen molar-refractivity contribution >= 4 is 39.4 Å². The number of hydrogen-bond acceptors (Lipinski definition) is 3. The predicted molar refractivity (Wildman–Crippen MR) is 119 cm³/mol. The maximum Gasteiger partial charge on any atom is 0.161 e. The fourth-order valence-corrected chi connectivity index (χ4v) is 4.85. The maximum absolute atomic E-state index is 13.1. The molecule has 0 radical (unpaired) electrons. The van der Waals surface area contributed by atoms with E-state index in [0.717, 1.165) is 35.4 Å². The molecule has 2 aliphatic rings.